The fourth-order valence-electron chi connectivity index (χ4n) is 5.40. The molecule has 0 radical (unpaired) electrons. The van der Waals surface area contributed by atoms with E-state index in [-0.39, 0.29) is 23.0 Å². The molecule has 2 fully saturated rings. The molecule has 38 heavy (non-hydrogen) atoms. The monoisotopic (exact) mass is 512 g/mol. The molecular formula is C31H32N2O5. The van der Waals surface area contributed by atoms with Crippen molar-refractivity contribution in [1.29, 1.82) is 0 Å². The molecule has 0 aliphatic carbocycles. The molecule has 3 aromatic carbocycles. The number of hydrogen-bond acceptors (Lipinski definition) is 6. The number of ketones is 1. The Morgan fingerprint density at radius 1 is 0.947 bits per heavy atom. The average molecular weight is 513 g/mol. The SMILES string of the molecule is COc1ccc(/C(O)=C2/C(=O)C(=O)N(c3ccc(N4CCCC4)cc3)C2c2cccc(O)c2)cc1C(C)C. The van der Waals surface area contributed by atoms with Crippen LogP contribution in [-0.4, -0.2) is 42.1 Å². The number of phenolic OH excluding ortho intramolecular Hbond substituents is 1. The standard InChI is InChI=1S/C31H32N2O5/c1-19(2)25-18-21(9-14-26(25)38-3)29(35)27-28(20-7-6-8-24(34)17-20)33(31(37)30(27)36)23-12-10-22(11-13-23)32-15-4-5-16-32/h6-14,17-19,28,34-35H,4-5,15-16H2,1-3H3/b29-27-. The zero-order valence-electron chi connectivity index (χ0n) is 21.8. The number of methoxy groups -OCH3 is 1. The molecule has 2 aliphatic rings. The van der Waals surface area contributed by atoms with Crippen molar-refractivity contribution in [3.05, 3.63) is 89.0 Å². The van der Waals surface area contributed by atoms with Gasteiger partial charge in [-0.05, 0) is 84.5 Å². The topological polar surface area (TPSA) is 90.3 Å². The predicted octanol–water partition coefficient (Wildman–Crippen LogP) is 5.75. The van der Waals surface area contributed by atoms with Crippen molar-refractivity contribution in [2.24, 2.45) is 0 Å². The lowest BCUT2D eigenvalue weighted by molar-refractivity contribution is -0.132. The highest BCUT2D eigenvalue weighted by Gasteiger charge is 2.47. The summed E-state index contributed by atoms with van der Waals surface area (Å²) in [5, 5.41) is 21.7. The van der Waals surface area contributed by atoms with E-state index < -0.39 is 17.7 Å². The van der Waals surface area contributed by atoms with E-state index >= 15 is 0 Å². The third kappa shape index (κ3) is 4.49. The molecule has 196 valence electrons. The van der Waals surface area contributed by atoms with Crippen LogP contribution in [0.2, 0.25) is 0 Å². The van der Waals surface area contributed by atoms with Crippen molar-refractivity contribution in [1.82, 2.24) is 0 Å². The Morgan fingerprint density at radius 2 is 1.63 bits per heavy atom. The third-order valence-corrected chi connectivity index (χ3v) is 7.35. The second kappa shape index (κ2) is 10.2. The number of Topliss-reactive ketones (excluding diaryl/α,β-unsaturated/α-hetero) is 1. The summed E-state index contributed by atoms with van der Waals surface area (Å²) in [7, 11) is 1.59. The number of aliphatic hydroxyl groups excluding tert-OH is 1. The van der Waals surface area contributed by atoms with Gasteiger partial charge in [-0.25, -0.2) is 0 Å². The number of hydrogen-bond donors (Lipinski definition) is 2. The molecule has 2 N–H and O–H groups in total. The summed E-state index contributed by atoms with van der Waals surface area (Å²) in [5.74, 6) is -0.982. The zero-order valence-corrected chi connectivity index (χ0v) is 21.8. The Bertz CT molecular complexity index is 1400. The number of carbonyl (C=O) groups is 2. The van der Waals surface area contributed by atoms with E-state index in [0.29, 0.717) is 22.6 Å². The number of carbonyl (C=O) groups excluding carboxylic acids is 2. The molecule has 0 bridgehead atoms. The first kappa shape index (κ1) is 25.4. The molecule has 1 unspecified atom stereocenters. The van der Waals surface area contributed by atoms with Crippen LogP contribution in [-0.2, 0) is 9.59 Å². The Morgan fingerprint density at radius 3 is 2.26 bits per heavy atom. The number of aliphatic hydroxyl groups is 1. The third-order valence-electron chi connectivity index (χ3n) is 7.35. The maximum Gasteiger partial charge on any atom is 0.300 e. The highest BCUT2D eigenvalue weighted by Crippen LogP contribution is 2.43. The molecule has 2 aliphatic heterocycles. The highest BCUT2D eigenvalue weighted by molar-refractivity contribution is 6.51. The number of anilines is 2. The quantitative estimate of drug-likeness (QED) is 0.248. The Hall–Kier alpha value is -4.26. The lowest BCUT2D eigenvalue weighted by Gasteiger charge is -2.26. The van der Waals surface area contributed by atoms with Crippen molar-refractivity contribution >= 4 is 28.8 Å². The van der Waals surface area contributed by atoms with Gasteiger partial charge < -0.3 is 19.8 Å². The van der Waals surface area contributed by atoms with Crippen LogP contribution in [0.1, 0.15) is 55.3 Å². The lowest BCUT2D eigenvalue weighted by Crippen LogP contribution is -2.29. The molecule has 7 nitrogen and oxygen atoms in total. The molecule has 0 saturated carbocycles. The summed E-state index contributed by atoms with van der Waals surface area (Å²) in [6, 6.07) is 18.3. The fraction of sp³-hybridized carbons (Fsp3) is 0.290. The van der Waals surface area contributed by atoms with E-state index in [0.717, 1.165) is 37.2 Å². The summed E-state index contributed by atoms with van der Waals surface area (Å²) in [5.41, 5.74) is 3.39. The molecule has 0 spiro atoms. The largest absolute Gasteiger partial charge is 0.508 e. The van der Waals surface area contributed by atoms with Crippen LogP contribution in [0, 0.1) is 0 Å². The van der Waals surface area contributed by atoms with Gasteiger partial charge in [-0.3, -0.25) is 14.5 Å². The van der Waals surface area contributed by atoms with Gasteiger partial charge in [0.25, 0.3) is 11.7 Å². The van der Waals surface area contributed by atoms with Crippen LogP contribution >= 0.6 is 0 Å². The van der Waals surface area contributed by atoms with Crippen LogP contribution in [0.3, 0.4) is 0 Å². The maximum absolute atomic E-state index is 13.5. The van der Waals surface area contributed by atoms with Crippen LogP contribution in [0.5, 0.6) is 11.5 Å². The average Bonchev–Trinajstić information content (AvgIpc) is 3.55. The van der Waals surface area contributed by atoms with Gasteiger partial charge >= 0.3 is 0 Å². The molecule has 7 heteroatoms. The van der Waals surface area contributed by atoms with E-state index in [1.807, 2.05) is 38.1 Å². The summed E-state index contributed by atoms with van der Waals surface area (Å²) < 4.78 is 5.47. The van der Waals surface area contributed by atoms with E-state index in [4.69, 9.17) is 4.74 Å². The van der Waals surface area contributed by atoms with Crippen molar-refractivity contribution in [3.8, 4) is 11.5 Å². The first-order valence-electron chi connectivity index (χ1n) is 12.9. The number of ether oxygens (including phenoxy) is 1. The lowest BCUT2D eigenvalue weighted by atomic mass is 9.93. The Labute approximate surface area is 222 Å². The van der Waals surface area contributed by atoms with Crippen molar-refractivity contribution in [2.45, 2.75) is 38.6 Å². The summed E-state index contributed by atoms with van der Waals surface area (Å²) in [6.45, 7) is 6.01. The molecule has 1 atom stereocenters. The van der Waals surface area contributed by atoms with Crippen molar-refractivity contribution < 1.29 is 24.5 Å². The van der Waals surface area contributed by atoms with Crippen molar-refractivity contribution in [2.75, 3.05) is 30.0 Å². The number of amides is 1. The minimum atomic E-state index is -0.913. The number of rotatable bonds is 6. The molecule has 2 heterocycles. The van der Waals surface area contributed by atoms with Gasteiger partial charge in [0, 0.05) is 30.0 Å². The molecule has 0 aromatic heterocycles. The van der Waals surface area contributed by atoms with Gasteiger partial charge in [0.2, 0.25) is 0 Å². The predicted molar refractivity (Wildman–Crippen MR) is 148 cm³/mol. The fourth-order valence-corrected chi connectivity index (χ4v) is 5.40. The van der Waals surface area contributed by atoms with Crippen LogP contribution in [0.15, 0.2) is 72.3 Å². The molecule has 1 amide bonds. The van der Waals surface area contributed by atoms with E-state index in [1.54, 1.807) is 37.4 Å². The molecular weight excluding hydrogens is 480 g/mol. The smallest absolute Gasteiger partial charge is 0.300 e. The molecule has 5 rings (SSSR count). The number of aromatic hydroxyl groups is 1. The first-order valence-corrected chi connectivity index (χ1v) is 12.9. The minimum absolute atomic E-state index is 0.00371. The van der Waals surface area contributed by atoms with Gasteiger partial charge in [0.05, 0.1) is 18.7 Å². The van der Waals surface area contributed by atoms with Gasteiger partial charge in [-0.15, -0.1) is 0 Å². The first-order chi connectivity index (χ1) is 18.3. The normalized spacial score (nSPS) is 19.0. The Kier molecular flexibility index (Phi) is 6.85. The highest BCUT2D eigenvalue weighted by atomic mass is 16.5. The second-order valence-electron chi connectivity index (χ2n) is 10.1. The van der Waals surface area contributed by atoms with Gasteiger partial charge in [-0.2, -0.15) is 0 Å². The van der Waals surface area contributed by atoms with Crippen LogP contribution < -0.4 is 14.5 Å². The summed E-state index contributed by atoms with van der Waals surface area (Å²) in [4.78, 5) is 30.7. The van der Waals surface area contributed by atoms with Gasteiger partial charge in [0.1, 0.15) is 17.3 Å². The van der Waals surface area contributed by atoms with E-state index in [9.17, 15) is 19.8 Å². The minimum Gasteiger partial charge on any atom is -0.508 e. The Balaban J connectivity index is 1.64. The van der Waals surface area contributed by atoms with Crippen LogP contribution in [0.4, 0.5) is 11.4 Å². The number of nitrogens with zero attached hydrogens (tertiary/aromatic N) is 2. The molecule has 2 saturated heterocycles. The van der Waals surface area contributed by atoms with E-state index in [1.165, 1.54) is 17.0 Å². The number of benzene rings is 3. The maximum atomic E-state index is 13.5. The zero-order chi connectivity index (χ0) is 27.0. The van der Waals surface area contributed by atoms with Gasteiger partial charge in [-0.1, -0.05) is 26.0 Å². The second-order valence-corrected chi connectivity index (χ2v) is 10.1. The van der Waals surface area contributed by atoms with Crippen molar-refractivity contribution in [3.63, 3.8) is 0 Å². The summed E-state index contributed by atoms with van der Waals surface area (Å²) in [6.07, 6.45) is 2.30. The number of phenols is 1. The van der Waals surface area contributed by atoms with E-state index in [2.05, 4.69) is 4.90 Å². The summed E-state index contributed by atoms with van der Waals surface area (Å²) >= 11 is 0. The van der Waals surface area contributed by atoms with Crippen LogP contribution in [0.25, 0.3) is 5.76 Å². The molecule has 3 aromatic rings. The van der Waals surface area contributed by atoms with Gasteiger partial charge in [0.15, 0.2) is 0 Å².